The van der Waals surface area contributed by atoms with Crippen LogP contribution in [0.5, 0.6) is 0 Å². The molecular weight excluding hydrogens is 468 g/mol. The van der Waals surface area contributed by atoms with Crippen molar-refractivity contribution in [3.8, 4) is 29.1 Å². The standard InChI is InChI=1S/C23H22N8O3S/c1-2-31-20(16-5-7-25-8-6-16)27-28-23(31)35-15-19(32)29-9-11-30(12-10-29)22-17(14-24)26-21(34-22)18-4-3-13-33-18/h3-8,13H,2,9-12,15H2,1H3. The Hall–Kier alpha value is -4.11. The van der Waals surface area contributed by atoms with E-state index in [1.54, 1.807) is 24.5 Å². The molecule has 1 aliphatic heterocycles. The van der Waals surface area contributed by atoms with Crippen molar-refractivity contribution in [3.63, 3.8) is 0 Å². The molecule has 0 N–H and O–H groups in total. The van der Waals surface area contributed by atoms with Crippen molar-refractivity contribution in [1.82, 2.24) is 29.6 Å². The average Bonchev–Trinajstić information content (AvgIpc) is 3.67. The second kappa shape index (κ2) is 10.0. The van der Waals surface area contributed by atoms with Gasteiger partial charge in [0.1, 0.15) is 6.07 Å². The summed E-state index contributed by atoms with van der Waals surface area (Å²) in [4.78, 5) is 24.9. The molecule has 0 unspecified atom stereocenters. The van der Waals surface area contributed by atoms with Crippen LogP contribution >= 0.6 is 11.8 Å². The van der Waals surface area contributed by atoms with Crippen molar-refractivity contribution in [2.24, 2.45) is 0 Å². The van der Waals surface area contributed by atoms with E-state index < -0.39 is 0 Å². The Morgan fingerprint density at radius 3 is 2.66 bits per heavy atom. The monoisotopic (exact) mass is 490 g/mol. The molecule has 0 atom stereocenters. The third kappa shape index (κ3) is 4.63. The van der Waals surface area contributed by atoms with Crippen LogP contribution in [0.25, 0.3) is 23.0 Å². The lowest BCUT2D eigenvalue weighted by Crippen LogP contribution is -2.49. The summed E-state index contributed by atoms with van der Waals surface area (Å²) in [5.41, 5.74) is 1.14. The summed E-state index contributed by atoms with van der Waals surface area (Å²) in [6.45, 7) is 4.83. The van der Waals surface area contributed by atoms with Crippen molar-refractivity contribution >= 4 is 23.6 Å². The maximum absolute atomic E-state index is 12.9. The molecule has 5 rings (SSSR count). The lowest BCUT2D eigenvalue weighted by molar-refractivity contribution is -0.128. The summed E-state index contributed by atoms with van der Waals surface area (Å²) in [5.74, 6) is 2.18. The van der Waals surface area contributed by atoms with Gasteiger partial charge < -0.3 is 23.2 Å². The molecule has 0 radical (unpaired) electrons. The van der Waals surface area contributed by atoms with Crippen LogP contribution in [0.1, 0.15) is 12.6 Å². The van der Waals surface area contributed by atoms with Crippen molar-refractivity contribution in [3.05, 3.63) is 48.6 Å². The summed E-state index contributed by atoms with van der Waals surface area (Å²) in [7, 11) is 0. The van der Waals surface area contributed by atoms with Crippen LogP contribution in [0, 0.1) is 11.3 Å². The SMILES string of the molecule is CCn1c(SCC(=O)N2CCN(c3oc(-c4ccco4)nc3C#N)CC2)nnc1-c1ccncc1. The minimum absolute atomic E-state index is 0.0279. The Morgan fingerprint density at radius 1 is 1.17 bits per heavy atom. The number of piperazine rings is 1. The van der Waals surface area contributed by atoms with Crippen LogP contribution in [-0.4, -0.2) is 67.5 Å². The molecule has 1 fully saturated rings. The van der Waals surface area contributed by atoms with Gasteiger partial charge in [-0.05, 0) is 31.2 Å². The zero-order chi connectivity index (χ0) is 24.2. The number of nitriles is 1. The van der Waals surface area contributed by atoms with E-state index in [1.807, 2.05) is 33.4 Å². The fraction of sp³-hybridized carbons (Fsp3) is 0.304. The fourth-order valence-corrected chi connectivity index (χ4v) is 4.78. The molecule has 5 heterocycles. The first-order valence-corrected chi connectivity index (χ1v) is 12.1. The number of thioether (sulfide) groups is 1. The lowest BCUT2D eigenvalue weighted by atomic mass is 10.2. The first kappa shape index (κ1) is 22.7. The molecule has 0 bridgehead atoms. The third-order valence-corrected chi connectivity index (χ3v) is 6.61. The van der Waals surface area contributed by atoms with E-state index in [4.69, 9.17) is 8.83 Å². The average molecular weight is 491 g/mol. The number of hydrogen-bond donors (Lipinski definition) is 0. The molecule has 0 aromatic carbocycles. The normalized spacial score (nSPS) is 13.7. The van der Waals surface area contributed by atoms with Crippen molar-refractivity contribution < 1.29 is 13.6 Å². The van der Waals surface area contributed by atoms with Gasteiger partial charge in [0.15, 0.2) is 16.7 Å². The third-order valence-electron chi connectivity index (χ3n) is 5.66. The summed E-state index contributed by atoms with van der Waals surface area (Å²) < 4.78 is 13.1. The number of amides is 1. The van der Waals surface area contributed by atoms with E-state index in [1.165, 1.54) is 18.0 Å². The number of furan rings is 1. The van der Waals surface area contributed by atoms with Crippen LogP contribution in [0.4, 0.5) is 5.88 Å². The number of pyridine rings is 1. The first-order chi connectivity index (χ1) is 17.2. The van der Waals surface area contributed by atoms with E-state index in [9.17, 15) is 10.1 Å². The molecule has 1 aliphatic rings. The lowest BCUT2D eigenvalue weighted by Gasteiger charge is -2.34. The highest BCUT2D eigenvalue weighted by atomic mass is 32.2. The molecule has 1 saturated heterocycles. The minimum Gasteiger partial charge on any atom is -0.459 e. The highest BCUT2D eigenvalue weighted by molar-refractivity contribution is 7.99. The summed E-state index contributed by atoms with van der Waals surface area (Å²) in [5, 5.41) is 18.8. The largest absolute Gasteiger partial charge is 0.459 e. The maximum atomic E-state index is 12.9. The van der Waals surface area contributed by atoms with Crippen molar-refractivity contribution in [2.45, 2.75) is 18.6 Å². The molecule has 12 heteroatoms. The Balaban J connectivity index is 1.19. The van der Waals surface area contributed by atoms with Gasteiger partial charge in [-0.2, -0.15) is 10.2 Å². The molecule has 0 aliphatic carbocycles. The first-order valence-electron chi connectivity index (χ1n) is 11.1. The number of carbonyl (C=O) groups is 1. The van der Waals surface area contributed by atoms with Gasteiger partial charge in [0.25, 0.3) is 5.89 Å². The topological polar surface area (TPSA) is 130 Å². The number of hydrogen-bond acceptors (Lipinski definition) is 10. The highest BCUT2D eigenvalue weighted by Gasteiger charge is 2.27. The van der Waals surface area contributed by atoms with Crippen LogP contribution in [0.15, 0.2) is 56.9 Å². The number of oxazole rings is 1. The van der Waals surface area contributed by atoms with Gasteiger partial charge in [0.2, 0.25) is 17.5 Å². The Kier molecular flexibility index (Phi) is 6.49. The summed E-state index contributed by atoms with van der Waals surface area (Å²) in [6, 6.07) is 9.32. The molecule has 0 saturated carbocycles. The number of rotatable bonds is 7. The second-order valence-corrected chi connectivity index (χ2v) is 8.65. The smallest absolute Gasteiger partial charge is 0.266 e. The maximum Gasteiger partial charge on any atom is 0.266 e. The van der Waals surface area contributed by atoms with Crippen LogP contribution in [-0.2, 0) is 11.3 Å². The van der Waals surface area contributed by atoms with Crippen LogP contribution in [0.2, 0.25) is 0 Å². The Labute approximate surface area is 205 Å². The van der Waals surface area contributed by atoms with Gasteiger partial charge in [0.05, 0.1) is 12.0 Å². The van der Waals surface area contributed by atoms with E-state index in [0.717, 1.165) is 11.4 Å². The molecule has 35 heavy (non-hydrogen) atoms. The van der Waals surface area contributed by atoms with Gasteiger partial charge in [-0.3, -0.25) is 9.78 Å². The summed E-state index contributed by atoms with van der Waals surface area (Å²) in [6.07, 6.45) is 4.96. The molecule has 0 spiro atoms. The predicted molar refractivity (Wildman–Crippen MR) is 127 cm³/mol. The molecular formula is C23H22N8O3S. The number of carbonyl (C=O) groups excluding carboxylic acids is 1. The fourth-order valence-electron chi connectivity index (χ4n) is 3.88. The molecule has 11 nitrogen and oxygen atoms in total. The minimum atomic E-state index is 0.0279. The van der Waals surface area contributed by atoms with E-state index in [-0.39, 0.29) is 23.2 Å². The second-order valence-electron chi connectivity index (χ2n) is 7.70. The van der Waals surface area contributed by atoms with Crippen molar-refractivity contribution in [2.75, 3.05) is 36.8 Å². The van der Waals surface area contributed by atoms with Gasteiger partial charge in [0, 0.05) is 50.7 Å². The van der Waals surface area contributed by atoms with Gasteiger partial charge >= 0.3 is 0 Å². The van der Waals surface area contributed by atoms with E-state index in [0.29, 0.717) is 49.5 Å². The van der Waals surface area contributed by atoms with Crippen LogP contribution in [0.3, 0.4) is 0 Å². The van der Waals surface area contributed by atoms with Gasteiger partial charge in [-0.1, -0.05) is 11.8 Å². The zero-order valence-corrected chi connectivity index (χ0v) is 19.8. The van der Waals surface area contributed by atoms with E-state index in [2.05, 4.69) is 26.2 Å². The number of anilines is 1. The van der Waals surface area contributed by atoms with Crippen LogP contribution < -0.4 is 4.90 Å². The molecule has 178 valence electrons. The molecule has 1 amide bonds. The Bertz CT molecular complexity index is 1340. The quantitative estimate of drug-likeness (QED) is 0.356. The molecule has 4 aromatic heterocycles. The zero-order valence-electron chi connectivity index (χ0n) is 19.0. The summed E-state index contributed by atoms with van der Waals surface area (Å²) >= 11 is 1.38. The van der Waals surface area contributed by atoms with Gasteiger partial charge in [-0.25, -0.2) is 0 Å². The van der Waals surface area contributed by atoms with Gasteiger partial charge in [-0.15, -0.1) is 10.2 Å². The van der Waals surface area contributed by atoms with Crippen molar-refractivity contribution in [1.29, 1.82) is 5.26 Å². The molecule has 4 aromatic rings. The number of nitrogens with zero attached hydrogens (tertiary/aromatic N) is 8. The highest BCUT2D eigenvalue weighted by Crippen LogP contribution is 2.29. The van der Waals surface area contributed by atoms with E-state index >= 15 is 0 Å². The predicted octanol–water partition coefficient (Wildman–Crippen LogP) is 2.92. The number of aromatic nitrogens is 5. The Morgan fingerprint density at radius 2 is 1.97 bits per heavy atom.